The van der Waals surface area contributed by atoms with Crippen LogP contribution in [0.5, 0.6) is 0 Å². The van der Waals surface area contributed by atoms with Crippen molar-refractivity contribution in [2.24, 2.45) is 0 Å². The zero-order chi connectivity index (χ0) is 15.2. The molecule has 8 heteroatoms. The lowest BCUT2D eigenvalue weighted by Crippen LogP contribution is -2.37. The Morgan fingerprint density at radius 3 is 2.80 bits per heavy atom. The molecule has 3 N–H and O–H groups in total. The minimum Gasteiger partial charge on any atom is -0.316 e. The third-order valence-electron chi connectivity index (χ3n) is 3.41. The monoisotopic (exact) mass is 303 g/mol. The summed E-state index contributed by atoms with van der Waals surface area (Å²) in [4.78, 5) is 2.13. The van der Waals surface area contributed by atoms with Crippen molar-refractivity contribution in [1.29, 1.82) is 0 Å². The van der Waals surface area contributed by atoms with Crippen LogP contribution in [0.2, 0.25) is 0 Å². The molecule has 20 heavy (non-hydrogen) atoms. The van der Waals surface area contributed by atoms with E-state index in [2.05, 4.69) is 39.0 Å². The van der Waals surface area contributed by atoms with E-state index in [9.17, 15) is 8.42 Å². The molecule has 116 valence electrons. The normalized spacial score (nSPS) is 13.8. The summed E-state index contributed by atoms with van der Waals surface area (Å²) in [5, 5.41) is 9.40. The van der Waals surface area contributed by atoms with Crippen LogP contribution in [0, 0.1) is 0 Å². The van der Waals surface area contributed by atoms with Crippen molar-refractivity contribution in [1.82, 2.24) is 25.1 Å². The van der Waals surface area contributed by atoms with Crippen molar-refractivity contribution in [3.05, 3.63) is 11.8 Å². The van der Waals surface area contributed by atoms with Crippen LogP contribution in [0.1, 0.15) is 25.8 Å². The fourth-order valence-electron chi connectivity index (χ4n) is 1.81. The molecule has 7 nitrogen and oxygen atoms in total. The fraction of sp³-hybridized carbons (Fsp3) is 0.750. The summed E-state index contributed by atoms with van der Waals surface area (Å²) in [6.45, 7) is 5.73. The number of nitrogens with zero attached hydrogens (tertiary/aromatic N) is 2. The SMILES string of the molecule is CCC(C)N(C)CCNS(=O)(=O)c1[nH]ncc1CNC. The molecule has 0 aliphatic rings. The molecule has 1 rings (SSSR count). The van der Waals surface area contributed by atoms with Gasteiger partial charge in [0, 0.05) is 31.2 Å². The molecule has 0 amide bonds. The van der Waals surface area contributed by atoms with Gasteiger partial charge in [0.2, 0.25) is 0 Å². The Morgan fingerprint density at radius 1 is 1.50 bits per heavy atom. The van der Waals surface area contributed by atoms with Gasteiger partial charge in [0.15, 0.2) is 5.03 Å². The van der Waals surface area contributed by atoms with Crippen molar-refractivity contribution in [3.8, 4) is 0 Å². The van der Waals surface area contributed by atoms with Crippen molar-refractivity contribution in [3.63, 3.8) is 0 Å². The van der Waals surface area contributed by atoms with Gasteiger partial charge in [-0.2, -0.15) is 5.10 Å². The standard InChI is InChI=1S/C12H25N5O2S/c1-5-10(2)17(4)7-6-15-20(18,19)12-11(8-13-3)9-14-16-12/h9-10,13,15H,5-8H2,1-4H3,(H,14,16). The zero-order valence-corrected chi connectivity index (χ0v) is 13.4. The molecule has 0 aliphatic heterocycles. The second-order valence-electron chi connectivity index (χ2n) is 4.89. The van der Waals surface area contributed by atoms with Crippen LogP contribution in [0.3, 0.4) is 0 Å². The summed E-state index contributed by atoms with van der Waals surface area (Å²) in [6, 6.07) is 0.437. The van der Waals surface area contributed by atoms with Gasteiger partial charge in [-0.25, -0.2) is 13.1 Å². The number of sulfonamides is 1. The van der Waals surface area contributed by atoms with Crippen molar-refractivity contribution in [2.75, 3.05) is 27.2 Å². The number of aromatic nitrogens is 2. The lowest BCUT2D eigenvalue weighted by molar-refractivity contribution is 0.256. The maximum Gasteiger partial charge on any atom is 0.257 e. The first kappa shape index (κ1) is 17.1. The summed E-state index contributed by atoms with van der Waals surface area (Å²) >= 11 is 0. The molecule has 0 spiro atoms. The van der Waals surface area contributed by atoms with Gasteiger partial charge in [0.05, 0.1) is 6.20 Å². The minimum absolute atomic E-state index is 0.137. The lowest BCUT2D eigenvalue weighted by Gasteiger charge is -2.23. The van der Waals surface area contributed by atoms with Gasteiger partial charge in [-0.1, -0.05) is 6.92 Å². The highest BCUT2D eigenvalue weighted by atomic mass is 32.2. The summed E-state index contributed by atoms with van der Waals surface area (Å²) in [6.07, 6.45) is 2.56. The quantitative estimate of drug-likeness (QED) is 0.604. The number of hydrogen-bond donors (Lipinski definition) is 3. The van der Waals surface area contributed by atoms with Crippen molar-refractivity contribution in [2.45, 2.75) is 37.9 Å². The van der Waals surface area contributed by atoms with E-state index >= 15 is 0 Å². The first-order chi connectivity index (χ1) is 9.42. The van der Waals surface area contributed by atoms with Gasteiger partial charge in [-0.15, -0.1) is 0 Å². The maximum atomic E-state index is 12.2. The summed E-state index contributed by atoms with van der Waals surface area (Å²) in [7, 11) is 0.220. The highest BCUT2D eigenvalue weighted by Crippen LogP contribution is 2.11. The largest absolute Gasteiger partial charge is 0.316 e. The Bertz CT molecular complexity index is 500. The van der Waals surface area contributed by atoms with Crippen LogP contribution in [-0.4, -0.2) is 56.7 Å². The molecular formula is C12H25N5O2S. The van der Waals surface area contributed by atoms with E-state index in [4.69, 9.17) is 0 Å². The number of rotatable bonds is 9. The van der Waals surface area contributed by atoms with Gasteiger partial charge in [0.25, 0.3) is 10.0 Å². The van der Waals surface area contributed by atoms with E-state index in [1.807, 2.05) is 7.05 Å². The van der Waals surface area contributed by atoms with Crippen LogP contribution in [0.15, 0.2) is 11.2 Å². The molecule has 0 aliphatic carbocycles. The topological polar surface area (TPSA) is 90.1 Å². The van der Waals surface area contributed by atoms with Crippen LogP contribution >= 0.6 is 0 Å². The highest BCUT2D eigenvalue weighted by Gasteiger charge is 2.20. The third kappa shape index (κ3) is 4.55. The average Bonchev–Trinajstić information content (AvgIpc) is 2.87. The Labute approximate surface area is 121 Å². The number of aromatic amines is 1. The van der Waals surface area contributed by atoms with E-state index < -0.39 is 10.0 Å². The van der Waals surface area contributed by atoms with Crippen LogP contribution in [0.4, 0.5) is 0 Å². The lowest BCUT2D eigenvalue weighted by atomic mass is 10.2. The first-order valence-corrected chi connectivity index (χ1v) is 8.27. The number of likely N-dealkylation sites (N-methyl/N-ethyl adjacent to an activating group) is 1. The van der Waals surface area contributed by atoms with Crippen LogP contribution < -0.4 is 10.0 Å². The molecule has 1 aromatic heterocycles. The van der Waals surface area contributed by atoms with E-state index in [0.29, 0.717) is 31.2 Å². The molecule has 1 heterocycles. The van der Waals surface area contributed by atoms with Gasteiger partial charge in [-0.05, 0) is 27.4 Å². The van der Waals surface area contributed by atoms with E-state index in [1.165, 1.54) is 6.20 Å². The smallest absolute Gasteiger partial charge is 0.257 e. The predicted molar refractivity (Wildman–Crippen MR) is 78.9 cm³/mol. The highest BCUT2D eigenvalue weighted by molar-refractivity contribution is 7.89. The molecule has 0 bridgehead atoms. The first-order valence-electron chi connectivity index (χ1n) is 6.79. The van der Waals surface area contributed by atoms with E-state index in [1.54, 1.807) is 7.05 Å². The number of H-pyrrole nitrogens is 1. The van der Waals surface area contributed by atoms with Crippen molar-refractivity contribution < 1.29 is 8.42 Å². The molecule has 0 radical (unpaired) electrons. The molecule has 1 aromatic rings. The minimum atomic E-state index is -3.53. The summed E-state index contributed by atoms with van der Waals surface area (Å²) in [5.74, 6) is 0. The summed E-state index contributed by atoms with van der Waals surface area (Å²) in [5.41, 5.74) is 0.635. The zero-order valence-electron chi connectivity index (χ0n) is 12.6. The molecule has 0 aromatic carbocycles. The Morgan fingerprint density at radius 2 is 2.20 bits per heavy atom. The Balaban J connectivity index is 2.60. The predicted octanol–water partition coefficient (Wildman–Crippen LogP) is 0.138. The third-order valence-corrected chi connectivity index (χ3v) is 4.89. The van der Waals surface area contributed by atoms with Gasteiger partial charge < -0.3 is 10.2 Å². The summed E-state index contributed by atoms with van der Waals surface area (Å²) < 4.78 is 27.0. The molecule has 1 atom stereocenters. The fourth-order valence-corrected chi connectivity index (χ4v) is 2.96. The molecular weight excluding hydrogens is 278 g/mol. The van der Waals surface area contributed by atoms with Crippen LogP contribution in [-0.2, 0) is 16.6 Å². The van der Waals surface area contributed by atoms with Gasteiger partial charge in [0.1, 0.15) is 0 Å². The molecule has 0 saturated carbocycles. The molecule has 0 saturated heterocycles. The second kappa shape index (κ2) is 7.72. The number of hydrogen-bond acceptors (Lipinski definition) is 5. The van der Waals surface area contributed by atoms with E-state index in [0.717, 1.165) is 6.42 Å². The molecule has 1 unspecified atom stereocenters. The molecule has 0 fully saturated rings. The van der Waals surface area contributed by atoms with Crippen molar-refractivity contribution >= 4 is 10.0 Å². The number of nitrogens with one attached hydrogen (secondary N) is 3. The Hall–Kier alpha value is -0.960. The van der Waals surface area contributed by atoms with Gasteiger partial charge >= 0.3 is 0 Å². The Kier molecular flexibility index (Phi) is 6.60. The second-order valence-corrected chi connectivity index (χ2v) is 6.59. The van der Waals surface area contributed by atoms with Crippen LogP contribution in [0.25, 0.3) is 0 Å². The average molecular weight is 303 g/mol. The maximum absolute atomic E-state index is 12.2. The van der Waals surface area contributed by atoms with Gasteiger partial charge in [-0.3, -0.25) is 5.10 Å². The van der Waals surface area contributed by atoms with E-state index in [-0.39, 0.29) is 5.03 Å².